The first-order valence-electron chi connectivity index (χ1n) is 6.41. The first-order chi connectivity index (χ1) is 9.90. The summed E-state index contributed by atoms with van der Waals surface area (Å²) in [6.07, 6.45) is -0.627. The van der Waals surface area contributed by atoms with Crippen LogP contribution in [-0.2, 0) is 16.6 Å². The van der Waals surface area contributed by atoms with Gasteiger partial charge in [0.25, 0.3) is 0 Å². The second-order valence-corrected chi connectivity index (χ2v) is 6.84. The predicted octanol–water partition coefficient (Wildman–Crippen LogP) is 2.87. The van der Waals surface area contributed by atoms with Gasteiger partial charge in [-0.05, 0) is 36.2 Å². The highest BCUT2D eigenvalue weighted by Gasteiger charge is 2.14. The lowest BCUT2D eigenvalue weighted by Crippen LogP contribution is -2.23. The molecule has 21 heavy (non-hydrogen) atoms. The van der Waals surface area contributed by atoms with E-state index in [1.165, 1.54) is 12.1 Å². The van der Waals surface area contributed by atoms with Crippen LogP contribution in [0.4, 0.5) is 0 Å². The molecule has 0 aliphatic heterocycles. The third kappa shape index (κ3) is 4.04. The van der Waals surface area contributed by atoms with Gasteiger partial charge >= 0.3 is 0 Å². The molecule has 0 saturated heterocycles. The minimum absolute atomic E-state index is 0.125. The molecule has 112 valence electrons. The van der Waals surface area contributed by atoms with Gasteiger partial charge in [-0.3, -0.25) is 0 Å². The molecule has 1 unspecified atom stereocenters. The van der Waals surface area contributed by atoms with E-state index in [9.17, 15) is 13.5 Å². The number of hydrogen-bond donors (Lipinski definition) is 2. The average molecular weight is 326 g/mol. The Morgan fingerprint density at radius 3 is 2.33 bits per heavy atom. The van der Waals surface area contributed by atoms with Gasteiger partial charge < -0.3 is 5.11 Å². The molecular formula is C15H16ClNO3S. The third-order valence-corrected chi connectivity index (χ3v) is 4.87. The van der Waals surface area contributed by atoms with Gasteiger partial charge in [0.2, 0.25) is 10.0 Å². The fraction of sp³-hybridized carbons (Fsp3) is 0.200. The van der Waals surface area contributed by atoms with Crippen LogP contribution in [-0.4, -0.2) is 13.5 Å². The Labute approximate surface area is 129 Å². The summed E-state index contributed by atoms with van der Waals surface area (Å²) < 4.78 is 26.9. The smallest absolute Gasteiger partial charge is 0.240 e. The average Bonchev–Trinajstić information content (AvgIpc) is 2.46. The summed E-state index contributed by atoms with van der Waals surface area (Å²) in [6, 6.07) is 13.2. The summed E-state index contributed by atoms with van der Waals surface area (Å²) in [4.78, 5) is 0.152. The van der Waals surface area contributed by atoms with E-state index < -0.39 is 16.1 Å². The van der Waals surface area contributed by atoms with E-state index in [-0.39, 0.29) is 11.4 Å². The van der Waals surface area contributed by atoms with Crippen molar-refractivity contribution in [3.05, 3.63) is 64.7 Å². The SMILES string of the molecule is CC(O)c1ccc(S(=O)(=O)NCc2ccccc2Cl)cc1. The second-order valence-electron chi connectivity index (χ2n) is 4.66. The molecule has 4 nitrogen and oxygen atoms in total. The Balaban J connectivity index is 2.13. The number of aliphatic hydroxyl groups excluding tert-OH is 1. The van der Waals surface area contributed by atoms with Gasteiger partial charge in [0, 0.05) is 11.6 Å². The van der Waals surface area contributed by atoms with Crippen molar-refractivity contribution >= 4 is 21.6 Å². The predicted molar refractivity (Wildman–Crippen MR) is 82.6 cm³/mol. The third-order valence-electron chi connectivity index (χ3n) is 3.08. The van der Waals surface area contributed by atoms with Gasteiger partial charge in [-0.2, -0.15) is 0 Å². The molecule has 2 N–H and O–H groups in total. The summed E-state index contributed by atoms with van der Waals surface area (Å²) >= 11 is 5.99. The minimum atomic E-state index is -3.61. The Morgan fingerprint density at radius 1 is 1.14 bits per heavy atom. The molecule has 0 spiro atoms. The normalized spacial score (nSPS) is 13.1. The van der Waals surface area contributed by atoms with Crippen LogP contribution in [0.1, 0.15) is 24.2 Å². The lowest BCUT2D eigenvalue weighted by Gasteiger charge is -2.09. The van der Waals surface area contributed by atoms with E-state index in [1.54, 1.807) is 43.3 Å². The maximum Gasteiger partial charge on any atom is 0.240 e. The molecule has 2 aromatic carbocycles. The Kier molecular flexibility index (Phi) is 5.00. The van der Waals surface area contributed by atoms with Gasteiger partial charge in [0.1, 0.15) is 0 Å². The minimum Gasteiger partial charge on any atom is -0.389 e. The highest BCUT2D eigenvalue weighted by atomic mass is 35.5. The fourth-order valence-electron chi connectivity index (χ4n) is 1.82. The standard InChI is InChI=1S/C15H16ClNO3S/c1-11(18)12-6-8-14(9-7-12)21(19,20)17-10-13-4-2-3-5-15(13)16/h2-9,11,17-18H,10H2,1H3. The topological polar surface area (TPSA) is 66.4 Å². The van der Waals surface area contributed by atoms with Crippen molar-refractivity contribution in [1.82, 2.24) is 4.72 Å². The molecule has 1 atom stereocenters. The largest absolute Gasteiger partial charge is 0.389 e. The van der Waals surface area contributed by atoms with Crippen molar-refractivity contribution in [1.29, 1.82) is 0 Å². The highest BCUT2D eigenvalue weighted by Crippen LogP contribution is 2.18. The van der Waals surface area contributed by atoms with Crippen LogP contribution in [0.2, 0.25) is 5.02 Å². The monoisotopic (exact) mass is 325 g/mol. The van der Waals surface area contributed by atoms with Gasteiger partial charge in [-0.1, -0.05) is 41.9 Å². The zero-order chi connectivity index (χ0) is 15.5. The summed E-state index contributed by atoms with van der Waals surface area (Å²) in [6.45, 7) is 1.75. The molecule has 0 aliphatic rings. The van der Waals surface area contributed by atoms with Crippen molar-refractivity contribution in [3.63, 3.8) is 0 Å². The molecular weight excluding hydrogens is 310 g/mol. The first-order valence-corrected chi connectivity index (χ1v) is 8.27. The van der Waals surface area contributed by atoms with Crippen molar-refractivity contribution in [2.24, 2.45) is 0 Å². The summed E-state index contributed by atoms with van der Waals surface area (Å²) in [5.41, 5.74) is 1.38. The van der Waals surface area contributed by atoms with Crippen LogP contribution in [0.5, 0.6) is 0 Å². The van der Waals surface area contributed by atoms with E-state index in [0.29, 0.717) is 16.1 Å². The number of aliphatic hydroxyl groups is 1. The van der Waals surface area contributed by atoms with Crippen LogP contribution < -0.4 is 4.72 Å². The molecule has 2 rings (SSSR count). The van der Waals surface area contributed by atoms with Crippen molar-refractivity contribution < 1.29 is 13.5 Å². The Morgan fingerprint density at radius 2 is 1.76 bits per heavy atom. The number of sulfonamides is 1. The maximum atomic E-state index is 12.2. The van der Waals surface area contributed by atoms with Crippen molar-refractivity contribution in [2.75, 3.05) is 0 Å². The zero-order valence-electron chi connectivity index (χ0n) is 11.5. The molecule has 6 heteroatoms. The molecule has 0 amide bonds. The molecule has 0 fully saturated rings. The lowest BCUT2D eigenvalue weighted by atomic mass is 10.1. The number of rotatable bonds is 5. The van der Waals surface area contributed by atoms with Gasteiger partial charge in [-0.25, -0.2) is 13.1 Å². The van der Waals surface area contributed by atoms with Crippen LogP contribution in [0.3, 0.4) is 0 Å². The zero-order valence-corrected chi connectivity index (χ0v) is 13.0. The van der Waals surface area contributed by atoms with E-state index in [4.69, 9.17) is 11.6 Å². The van der Waals surface area contributed by atoms with Crippen LogP contribution in [0, 0.1) is 0 Å². The van der Waals surface area contributed by atoms with Crippen molar-refractivity contribution in [3.8, 4) is 0 Å². The van der Waals surface area contributed by atoms with E-state index in [1.807, 2.05) is 0 Å². The lowest BCUT2D eigenvalue weighted by molar-refractivity contribution is 0.199. The number of halogens is 1. The molecule has 0 aliphatic carbocycles. The first kappa shape index (κ1) is 16.0. The quantitative estimate of drug-likeness (QED) is 0.888. The van der Waals surface area contributed by atoms with E-state index in [0.717, 1.165) is 0 Å². The Hall–Kier alpha value is -1.40. The summed E-state index contributed by atoms with van der Waals surface area (Å²) in [7, 11) is -3.61. The van der Waals surface area contributed by atoms with E-state index in [2.05, 4.69) is 4.72 Å². The van der Waals surface area contributed by atoms with Gasteiger partial charge in [0.05, 0.1) is 11.0 Å². The Bertz CT molecular complexity index is 712. The van der Waals surface area contributed by atoms with Gasteiger partial charge in [-0.15, -0.1) is 0 Å². The molecule has 0 saturated carbocycles. The molecule has 0 bridgehead atoms. The van der Waals surface area contributed by atoms with Crippen LogP contribution in [0.25, 0.3) is 0 Å². The maximum absolute atomic E-state index is 12.2. The molecule has 0 heterocycles. The van der Waals surface area contributed by atoms with Gasteiger partial charge in [0.15, 0.2) is 0 Å². The van der Waals surface area contributed by atoms with Crippen LogP contribution >= 0.6 is 11.6 Å². The second kappa shape index (κ2) is 6.58. The molecule has 0 aromatic heterocycles. The number of hydrogen-bond acceptors (Lipinski definition) is 3. The van der Waals surface area contributed by atoms with E-state index >= 15 is 0 Å². The number of benzene rings is 2. The summed E-state index contributed by atoms with van der Waals surface area (Å²) in [5.74, 6) is 0. The molecule has 0 radical (unpaired) electrons. The number of nitrogens with one attached hydrogen (secondary N) is 1. The van der Waals surface area contributed by atoms with Crippen molar-refractivity contribution in [2.45, 2.75) is 24.5 Å². The highest BCUT2D eigenvalue weighted by molar-refractivity contribution is 7.89. The summed E-state index contributed by atoms with van der Waals surface area (Å²) in [5, 5.41) is 9.94. The molecule has 2 aromatic rings. The van der Waals surface area contributed by atoms with Crippen LogP contribution in [0.15, 0.2) is 53.4 Å². The fourth-order valence-corrected chi connectivity index (χ4v) is 3.03.